The van der Waals surface area contributed by atoms with Gasteiger partial charge in [-0.2, -0.15) is 0 Å². The first-order valence-electron chi connectivity index (χ1n) is 7.67. The molecule has 0 aliphatic carbocycles. The summed E-state index contributed by atoms with van der Waals surface area (Å²) in [6.07, 6.45) is 4.48. The Balaban J connectivity index is 1.73. The van der Waals surface area contributed by atoms with Gasteiger partial charge in [-0.3, -0.25) is 4.98 Å². The SMILES string of the molecule is COC(=O)c1ccoc1COC(=O)c1ccccc1Oc1cccnc1. The van der Waals surface area contributed by atoms with Gasteiger partial charge in [-0.15, -0.1) is 0 Å². The Hall–Kier alpha value is -3.61. The molecular weight excluding hydrogens is 338 g/mol. The first kappa shape index (κ1) is 17.2. The highest BCUT2D eigenvalue weighted by atomic mass is 16.5. The lowest BCUT2D eigenvalue weighted by molar-refractivity contribution is 0.0429. The Morgan fingerprint density at radius 2 is 1.88 bits per heavy atom. The van der Waals surface area contributed by atoms with Crippen LogP contribution in [0, 0.1) is 0 Å². The molecule has 0 fully saturated rings. The Labute approximate surface area is 149 Å². The van der Waals surface area contributed by atoms with Crippen LogP contribution in [0.5, 0.6) is 11.5 Å². The molecule has 3 rings (SSSR count). The maximum Gasteiger partial charge on any atom is 0.342 e. The number of hydrogen-bond donors (Lipinski definition) is 0. The summed E-state index contributed by atoms with van der Waals surface area (Å²) in [5.74, 6) is -0.150. The van der Waals surface area contributed by atoms with E-state index in [4.69, 9.17) is 13.9 Å². The van der Waals surface area contributed by atoms with E-state index >= 15 is 0 Å². The summed E-state index contributed by atoms with van der Waals surface area (Å²) in [6.45, 7) is -0.211. The number of benzene rings is 1. The molecule has 0 unspecified atom stereocenters. The van der Waals surface area contributed by atoms with Crippen molar-refractivity contribution in [3.63, 3.8) is 0 Å². The Morgan fingerprint density at radius 3 is 2.65 bits per heavy atom. The fourth-order valence-electron chi connectivity index (χ4n) is 2.21. The summed E-state index contributed by atoms with van der Waals surface area (Å²) in [5, 5.41) is 0. The first-order valence-corrected chi connectivity index (χ1v) is 7.67. The highest BCUT2D eigenvalue weighted by Gasteiger charge is 2.19. The molecule has 0 amide bonds. The normalized spacial score (nSPS) is 10.2. The zero-order valence-corrected chi connectivity index (χ0v) is 13.9. The molecular formula is C19H15NO6. The van der Waals surface area contributed by atoms with Crippen LogP contribution in [0.2, 0.25) is 0 Å². The molecule has 0 saturated carbocycles. The van der Waals surface area contributed by atoms with Crippen LogP contribution < -0.4 is 4.74 Å². The number of furan rings is 1. The standard InChI is InChI=1S/C19H15NO6/c1-23-18(21)15-8-10-24-17(15)12-25-19(22)14-6-2-3-7-16(14)26-13-5-4-9-20-11-13/h2-11H,12H2,1H3. The third kappa shape index (κ3) is 3.89. The van der Waals surface area contributed by atoms with Crippen LogP contribution in [0.4, 0.5) is 0 Å². The summed E-state index contributed by atoms with van der Waals surface area (Å²) in [4.78, 5) is 28.0. The molecule has 26 heavy (non-hydrogen) atoms. The van der Waals surface area contributed by atoms with Crippen molar-refractivity contribution in [2.75, 3.05) is 7.11 Å². The topological polar surface area (TPSA) is 87.9 Å². The molecule has 2 aromatic heterocycles. The molecule has 0 aliphatic rings. The number of pyridine rings is 1. The molecule has 132 valence electrons. The van der Waals surface area contributed by atoms with Crippen molar-refractivity contribution in [1.82, 2.24) is 4.98 Å². The lowest BCUT2D eigenvalue weighted by Gasteiger charge is -2.10. The predicted molar refractivity (Wildman–Crippen MR) is 89.9 cm³/mol. The van der Waals surface area contributed by atoms with Gasteiger partial charge in [-0.1, -0.05) is 12.1 Å². The van der Waals surface area contributed by atoms with Crippen LogP contribution in [0.15, 0.2) is 65.5 Å². The quantitative estimate of drug-likeness (QED) is 0.626. The van der Waals surface area contributed by atoms with Gasteiger partial charge >= 0.3 is 11.9 Å². The number of carbonyl (C=O) groups excluding carboxylic acids is 2. The third-order valence-electron chi connectivity index (χ3n) is 3.45. The van der Waals surface area contributed by atoms with Gasteiger partial charge in [0.25, 0.3) is 0 Å². The lowest BCUT2D eigenvalue weighted by Crippen LogP contribution is -2.09. The number of para-hydroxylation sites is 1. The summed E-state index contributed by atoms with van der Waals surface area (Å²) < 4.78 is 20.8. The summed E-state index contributed by atoms with van der Waals surface area (Å²) >= 11 is 0. The van der Waals surface area contributed by atoms with Gasteiger partial charge in [0.15, 0.2) is 12.4 Å². The average Bonchev–Trinajstić information content (AvgIpc) is 3.15. The molecule has 2 heterocycles. The number of aromatic nitrogens is 1. The van der Waals surface area contributed by atoms with Crippen molar-refractivity contribution in [3.05, 3.63) is 78.0 Å². The molecule has 7 heteroatoms. The Kier molecular flexibility index (Phi) is 5.28. The van der Waals surface area contributed by atoms with Gasteiger partial charge in [0.05, 0.1) is 19.6 Å². The van der Waals surface area contributed by atoms with Crippen LogP contribution in [-0.4, -0.2) is 24.0 Å². The largest absolute Gasteiger partial charge is 0.465 e. The summed E-state index contributed by atoms with van der Waals surface area (Å²) in [5.41, 5.74) is 0.447. The number of ether oxygens (including phenoxy) is 3. The van der Waals surface area contributed by atoms with Crippen molar-refractivity contribution in [3.8, 4) is 11.5 Å². The van der Waals surface area contributed by atoms with Gasteiger partial charge in [-0.25, -0.2) is 9.59 Å². The number of methoxy groups -OCH3 is 1. The number of nitrogens with zero attached hydrogens (tertiary/aromatic N) is 1. The highest BCUT2D eigenvalue weighted by Crippen LogP contribution is 2.25. The van der Waals surface area contributed by atoms with Crippen molar-refractivity contribution in [1.29, 1.82) is 0 Å². The van der Waals surface area contributed by atoms with Gasteiger partial charge in [0.1, 0.15) is 22.6 Å². The lowest BCUT2D eigenvalue weighted by atomic mass is 10.2. The van der Waals surface area contributed by atoms with Crippen LogP contribution in [-0.2, 0) is 16.1 Å². The van der Waals surface area contributed by atoms with Crippen LogP contribution in [0.3, 0.4) is 0 Å². The minimum atomic E-state index is -0.614. The molecule has 0 saturated heterocycles. The maximum absolute atomic E-state index is 12.4. The minimum absolute atomic E-state index is 0.204. The average molecular weight is 353 g/mol. The molecule has 0 aliphatic heterocycles. The highest BCUT2D eigenvalue weighted by molar-refractivity contribution is 5.93. The van der Waals surface area contributed by atoms with Gasteiger partial charge in [-0.05, 0) is 30.3 Å². The summed E-state index contributed by atoms with van der Waals surface area (Å²) in [7, 11) is 1.26. The van der Waals surface area contributed by atoms with E-state index in [1.165, 1.54) is 25.6 Å². The Morgan fingerprint density at radius 1 is 1.04 bits per heavy atom. The second kappa shape index (κ2) is 7.98. The smallest absolute Gasteiger partial charge is 0.342 e. The molecule has 0 radical (unpaired) electrons. The third-order valence-corrected chi connectivity index (χ3v) is 3.45. The zero-order valence-electron chi connectivity index (χ0n) is 13.9. The predicted octanol–water partition coefficient (Wildman–Crippen LogP) is 3.61. The molecule has 7 nitrogen and oxygen atoms in total. The number of esters is 2. The van der Waals surface area contributed by atoms with E-state index in [-0.39, 0.29) is 23.5 Å². The first-order chi connectivity index (χ1) is 12.7. The molecule has 0 bridgehead atoms. The monoisotopic (exact) mass is 353 g/mol. The van der Waals surface area contributed by atoms with E-state index in [2.05, 4.69) is 9.72 Å². The summed E-state index contributed by atoms with van der Waals surface area (Å²) in [6, 6.07) is 11.6. The fourth-order valence-corrected chi connectivity index (χ4v) is 2.21. The van der Waals surface area contributed by atoms with E-state index in [1.54, 1.807) is 42.6 Å². The second-order valence-corrected chi connectivity index (χ2v) is 5.11. The van der Waals surface area contributed by atoms with Crippen molar-refractivity contribution in [2.24, 2.45) is 0 Å². The van der Waals surface area contributed by atoms with E-state index in [0.717, 1.165) is 0 Å². The molecule has 3 aromatic rings. The van der Waals surface area contributed by atoms with Crippen LogP contribution in [0.1, 0.15) is 26.5 Å². The van der Waals surface area contributed by atoms with Gasteiger partial charge in [0.2, 0.25) is 0 Å². The molecule has 0 atom stereocenters. The number of rotatable bonds is 6. The molecule has 1 aromatic carbocycles. The number of carbonyl (C=O) groups is 2. The second-order valence-electron chi connectivity index (χ2n) is 5.11. The van der Waals surface area contributed by atoms with Crippen LogP contribution in [0.25, 0.3) is 0 Å². The van der Waals surface area contributed by atoms with E-state index in [0.29, 0.717) is 11.5 Å². The molecule has 0 spiro atoms. The van der Waals surface area contributed by atoms with Crippen molar-refractivity contribution < 1.29 is 28.2 Å². The van der Waals surface area contributed by atoms with Crippen molar-refractivity contribution in [2.45, 2.75) is 6.61 Å². The van der Waals surface area contributed by atoms with E-state index in [1.807, 2.05) is 0 Å². The van der Waals surface area contributed by atoms with Crippen molar-refractivity contribution >= 4 is 11.9 Å². The minimum Gasteiger partial charge on any atom is -0.465 e. The molecule has 0 N–H and O–H groups in total. The Bertz CT molecular complexity index is 903. The van der Waals surface area contributed by atoms with Gasteiger partial charge in [0, 0.05) is 6.20 Å². The fraction of sp³-hybridized carbons (Fsp3) is 0.105. The number of hydrogen-bond acceptors (Lipinski definition) is 7. The maximum atomic E-state index is 12.4. The van der Waals surface area contributed by atoms with Gasteiger partial charge < -0.3 is 18.6 Å². The zero-order chi connectivity index (χ0) is 18.4. The van der Waals surface area contributed by atoms with Crippen LogP contribution >= 0.6 is 0 Å². The van der Waals surface area contributed by atoms with E-state index in [9.17, 15) is 9.59 Å². The van der Waals surface area contributed by atoms with E-state index < -0.39 is 11.9 Å².